The molecule has 32 heavy (non-hydrogen) atoms. The minimum atomic E-state index is -0.0197. The highest BCUT2D eigenvalue weighted by molar-refractivity contribution is 5.72. The first-order chi connectivity index (χ1) is 15.5. The summed E-state index contributed by atoms with van der Waals surface area (Å²) in [6.07, 6.45) is 20.6. The van der Waals surface area contributed by atoms with Crippen LogP contribution in [0.25, 0.3) is 0 Å². The first-order valence-electron chi connectivity index (χ1n) is 13.8. The van der Waals surface area contributed by atoms with Crippen LogP contribution in [-0.2, 0) is 19.1 Å². The Morgan fingerprint density at radius 2 is 1.06 bits per heavy atom. The summed E-state index contributed by atoms with van der Waals surface area (Å²) in [5.74, 6) is 0.382. The van der Waals surface area contributed by atoms with Crippen molar-refractivity contribution in [2.24, 2.45) is 11.8 Å². The highest BCUT2D eigenvalue weighted by Crippen LogP contribution is 2.21. The molecule has 0 saturated heterocycles. The summed E-state index contributed by atoms with van der Waals surface area (Å²) >= 11 is 0. The van der Waals surface area contributed by atoms with Crippen LogP contribution in [0.3, 0.4) is 0 Å². The quantitative estimate of drug-likeness (QED) is 0.115. The SMILES string of the molecule is CCCCCOC(=O)CCCCCCCCCCCCC(C)C(C)C(=O)OCCCCC. The van der Waals surface area contributed by atoms with Crippen LogP contribution in [0.1, 0.15) is 143 Å². The summed E-state index contributed by atoms with van der Waals surface area (Å²) in [5, 5.41) is 0. The first-order valence-corrected chi connectivity index (χ1v) is 13.8. The molecule has 190 valence electrons. The molecule has 0 aliphatic carbocycles. The topological polar surface area (TPSA) is 52.6 Å². The Labute approximate surface area is 199 Å². The Bertz CT molecular complexity index is 435. The Morgan fingerprint density at radius 3 is 1.59 bits per heavy atom. The van der Waals surface area contributed by atoms with E-state index < -0.39 is 0 Å². The summed E-state index contributed by atoms with van der Waals surface area (Å²) in [7, 11) is 0. The van der Waals surface area contributed by atoms with E-state index in [9.17, 15) is 9.59 Å². The summed E-state index contributed by atoms with van der Waals surface area (Å²) in [5.41, 5.74) is 0. The zero-order valence-corrected chi connectivity index (χ0v) is 21.9. The molecular weight excluding hydrogens is 400 g/mol. The number of ether oxygens (including phenoxy) is 2. The van der Waals surface area contributed by atoms with Crippen LogP contribution in [-0.4, -0.2) is 25.2 Å². The van der Waals surface area contributed by atoms with Crippen molar-refractivity contribution in [1.29, 1.82) is 0 Å². The monoisotopic (exact) mass is 454 g/mol. The van der Waals surface area contributed by atoms with Gasteiger partial charge in [-0.05, 0) is 31.6 Å². The Hall–Kier alpha value is -1.06. The highest BCUT2D eigenvalue weighted by Gasteiger charge is 2.21. The van der Waals surface area contributed by atoms with E-state index in [1.54, 1.807) is 0 Å². The third-order valence-electron chi connectivity index (χ3n) is 6.52. The molecule has 0 amide bonds. The molecule has 2 unspecified atom stereocenters. The largest absolute Gasteiger partial charge is 0.466 e. The average Bonchev–Trinajstić information content (AvgIpc) is 2.79. The smallest absolute Gasteiger partial charge is 0.308 e. The molecule has 0 aliphatic rings. The molecule has 0 aromatic rings. The van der Waals surface area contributed by atoms with E-state index in [0.29, 0.717) is 25.6 Å². The second kappa shape index (κ2) is 23.1. The molecule has 0 radical (unpaired) electrons. The van der Waals surface area contributed by atoms with Gasteiger partial charge < -0.3 is 9.47 Å². The van der Waals surface area contributed by atoms with Gasteiger partial charge in [0.05, 0.1) is 19.1 Å². The van der Waals surface area contributed by atoms with Gasteiger partial charge in [-0.25, -0.2) is 0 Å². The maximum atomic E-state index is 12.1. The van der Waals surface area contributed by atoms with Gasteiger partial charge in [0, 0.05) is 6.42 Å². The molecule has 0 bridgehead atoms. The predicted molar refractivity (Wildman–Crippen MR) is 135 cm³/mol. The third-order valence-corrected chi connectivity index (χ3v) is 6.52. The summed E-state index contributed by atoms with van der Waals surface area (Å²) in [6, 6.07) is 0. The summed E-state index contributed by atoms with van der Waals surface area (Å²) in [6.45, 7) is 9.69. The van der Waals surface area contributed by atoms with E-state index in [0.717, 1.165) is 57.8 Å². The molecule has 0 heterocycles. The first kappa shape index (κ1) is 30.9. The maximum absolute atomic E-state index is 12.1. The maximum Gasteiger partial charge on any atom is 0.308 e. The van der Waals surface area contributed by atoms with Gasteiger partial charge in [0.2, 0.25) is 0 Å². The van der Waals surface area contributed by atoms with Gasteiger partial charge in [-0.3, -0.25) is 9.59 Å². The molecule has 0 aromatic carbocycles. The number of carbonyl (C=O) groups excluding carboxylic acids is 2. The average molecular weight is 455 g/mol. The number of hydrogen-bond acceptors (Lipinski definition) is 4. The molecule has 2 atom stereocenters. The molecule has 0 rings (SSSR count). The van der Waals surface area contributed by atoms with Crippen LogP contribution in [0.4, 0.5) is 0 Å². The third kappa shape index (κ3) is 19.6. The lowest BCUT2D eigenvalue weighted by Gasteiger charge is -2.18. The molecule has 0 spiro atoms. The van der Waals surface area contributed by atoms with Gasteiger partial charge in [0.15, 0.2) is 0 Å². The van der Waals surface area contributed by atoms with Gasteiger partial charge in [-0.2, -0.15) is 0 Å². The molecular formula is C28H54O4. The zero-order chi connectivity index (χ0) is 23.9. The fraction of sp³-hybridized carbons (Fsp3) is 0.929. The van der Waals surface area contributed by atoms with E-state index in [4.69, 9.17) is 9.47 Å². The minimum Gasteiger partial charge on any atom is -0.466 e. The normalized spacial score (nSPS) is 13.0. The Kier molecular flexibility index (Phi) is 22.3. The van der Waals surface area contributed by atoms with Crippen molar-refractivity contribution in [2.45, 2.75) is 143 Å². The lowest BCUT2D eigenvalue weighted by molar-refractivity contribution is -0.150. The predicted octanol–water partition coefficient (Wildman–Crippen LogP) is 8.41. The van der Waals surface area contributed by atoms with Gasteiger partial charge in [0.1, 0.15) is 0 Å². The van der Waals surface area contributed by atoms with E-state index in [1.165, 1.54) is 51.4 Å². The van der Waals surface area contributed by atoms with E-state index >= 15 is 0 Å². The van der Waals surface area contributed by atoms with Gasteiger partial charge >= 0.3 is 11.9 Å². The van der Waals surface area contributed by atoms with Crippen molar-refractivity contribution >= 4 is 11.9 Å². The van der Waals surface area contributed by atoms with Crippen LogP contribution >= 0.6 is 0 Å². The molecule has 4 heteroatoms. The minimum absolute atomic E-state index is 0.0135. The summed E-state index contributed by atoms with van der Waals surface area (Å²) < 4.78 is 10.6. The van der Waals surface area contributed by atoms with Gasteiger partial charge in [-0.15, -0.1) is 0 Å². The lowest BCUT2D eigenvalue weighted by atomic mass is 9.90. The summed E-state index contributed by atoms with van der Waals surface area (Å²) in [4.78, 5) is 23.7. The van der Waals surface area contributed by atoms with Crippen LogP contribution in [0, 0.1) is 11.8 Å². The molecule has 0 saturated carbocycles. The highest BCUT2D eigenvalue weighted by atomic mass is 16.5. The number of rotatable bonds is 23. The van der Waals surface area contributed by atoms with Crippen molar-refractivity contribution in [3.05, 3.63) is 0 Å². The van der Waals surface area contributed by atoms with Gasteiger partial charge in [-0.1, -0.05) is 111 Å². The van der Waals surface area contributed by atoms with Crippen molar-refractivity contribution < 1.29 is 19.1 Å². The van der Waals surface area contributed by atoms with Gasteiger partial charge in [0.25, 0.3) is 0 Å². The standard InChI is InChI=1S/C28H54O4/c1-5-7-19-23-31-27(29)22-18-16-14-12-10-9-11-13-15-17-21-25(3)26(4)28(30)32-24-20-8-6-2/h25-26H,5-24H2,1-4H3. The molecule has 0 aromatic heterocycles. The number of carbonyl (C=O) groups is 2. The number of hydrogen-bond donors (Lipinski definition) is 0. The van der Waals surface area contributed by atoms with Crippen LogP contribution in [0.5, 0.6) is 0 Å². The van der Waals surface area contributed by atoms with Crippen LogP contribution in [0.2, 0.25) is 0 Å². The lowest BCUT2D eigenvalue weighted by Crippen LogP contribution is -2.22. The van der Waals surface area contributed by atoms with Crippen LogP contribution in [0.15, 0.2) is 0 Å². The Morgan fingerprint density at radius 1 is 0.594 bits per heavy atom. The van der Waals surface area contributed by atoms with E-state index in [1.807, 2.05) is 6.92 Å². The van der Waals surface area contributed by atoms with Crippen molar-refractivity contribution in [2.75, 3.05) is 13.2 Å². The van der Waals surface area contributed by atoms with Crippen molar-refractivity contribution in [1.82, 2.24) is 0 Å². The molecule has 0 aliphatic heterocycles. The second-order valence-electron chi connectivity index (χ2n) is 9.64. The van der Waals surface area contributed by atoms with Crippen molar-refractivity contribution in [3.63, 3.8) is 0 Å². The molecule has 0 N–H and O–H groups in total. The number of esters is 2. The zero-order valence-electron chi connectivity index (χ0n) is 21.9. The van der Waals surface area contributed by atoms with E-state index in [-0.39, 0.29) is 17.9 Å². The van der Waals surface area contributed by atoms with Crippen LogP contribution < -0.4 is 0 Å². The molecule has 0 fully saturated rings. The fourth-order valence-electron chi connectivity index (χ4n) is 3.90. The fourth-order valence-corrected chi connectivity index (χ4v) is 3.90. The second-order valence-corrected chi connectivity index (χ2v) is 9.64. The number of unbranched alkanes of at least 4 members (excludes halogenated alkanes) is 13. The van der Waals surface area contributed by atoms with Crippen molar-refractivity contribution in [3.8, 4) is 0 Å². The van der Waals surface area contributed by atoms with E-state index in [2.05, 4.69) is 20.8 Å². The Balaban J connectivity index is 3.42. The molecule has 4 nitrogen and oxygen atoms in total.